The minimum absolute atomic E-state index is 0.0625. The summed E-state index contributed by atoms with van der Waals surface area (Å²) in [5.41, 5.74) is -1.13. The summed E-state index contributed by atoms with van der Waals surface area (Å²) < 4.78 is 0. The van der Waals surface area contributed by atoms with Gasteiger partial charge in [-0.1, -0.05) is 13.8 Å². The number of hydrogen-bond donors (Lipinski definition) is 3. The molecule has 1 rings (SSSR count). The molecule has 17 heavy (non-hydrogen) atoms. The Morgan fingerprint density at radius 1 is 1.35 bits per heavy atom. The van der Waals surface area contributed by atoms with Crippen LogP contribution in [0.2, 0.25) is 0 Å². The fourth-order valence-corrected chi connectivity index (χ4v) is 1.94. The molecule has 5 heteroatoms. The average molecular weight is 242 g/mol. The molecule has 0 bridgehead atoms. The zero-order valence-corrected chi connectivity index (χ0v) is 10.7. The third-order valence-electron chi connectivity index (χ3n) is 3.53. The summed E-state index contributed by atoms with van der Waals surface area (Å²) in [4.78, 5) is 23.0. The first-order chi connectivity index (χ1) is 7.93. The van der Waals surface area contributed by atoms with Crippen LogP contribution in [-0.2, 0) is 4.79 Å². The molecule has 0 aromatic rings. The Balaban J connectivity index is 2.56. The zero-order chi connectivity index (χ0) is 13.1. The van der Waals surface area contributed by atoms with Crippen molar-refractivity contribution in [3.63, 3.8) is 0 Å². The molecule has 5 nitrogen and oxygen atoms in total. The van der Waals surface area contributed by atoms with Gasteiger partial charge in [-0.05, 0) is 38.5 Å². The Morgan fingerprint density at radius 2 is 1.88 bits per heavy atom. The molecule has 0 radical (unpaired) electrons. The summed E-state index contributed by atoms with van der Waals surface area (Å²) >= 11 is 0. The van der Waals surface area contributed by atoms with E-state index in [0.717, 1.165) is 25.7 Å². The minimum Gasteiger partial charge on any atom is -0.480 e. The van der Waals surface area contributed by atoms with Crippen LogP contribution < -0.4 is 10.6 Å². The smallest absolute Gasteiger partial charge is 0.329 e. The van der Waals surface area contributed by atoms with Gasteiger partial charge in [0, 0.05) is 6.04 Å². The molecule has 1 aliphatic carbocycles. The second-order valence-corrected chi connectivity index (χ2v) is 4.89. The van der Waals surface area contributed by atoms with Gasteiger partial charge in [-0.2, -0.15) is 0 Å². The van der Waals surface area contributed by atoms with Crippen molar-refractivity contribution in [3.05, 3.63) is 0 Å². The molecule has 1 aliphatic rings. The van der Waals surface area contributed by atoms with Crippen molar-refractivity contribution >= 4 is 12.0 Å². The molecular formula is C12H22N2O3. The highest BCUT2D eigenvalue weighted by atomic mass is 16.4. The third-order valence-corrected chi connectivity index (χ3v) is 3.53. The van der Waals surface area contributed by atoms with Crippen LogP contribution in [0.15, 0.2) is 0 Å². The van der Waals surface area contributed by atoms with E-state index < -0.39 is 11.5 Å². The van der Waals surface area contributed by atoms with E-state index >= 15 is 0 Å². The van der Waals surface area contributed by atoms with E-state index in [1.165, 1.54) is 0 Å². The number of hydrogen-bond acceptors (Lipinski definition) is 2. The fraction of sp³-hybridized carbons (Fsp3) is 0.833. The predicted octanol–water partition coefficient (Wildman–Crippen LogP) is 1.73. The molecule has 1 saturated carbocycles. The number of carbonyl (C=O) groups is 2. The van der Waals surface area contributed by atoms with Gasteiger partial charge >= 0.3 is 12.0 Å². The first-order valence-electron chi connectivity index (χ1n) is 6.26. The first-order valence-corrected chi connectivity index (χ1v) is 6.26. The monoisotopic (exact) mass is 242 g/mol. The molecule has 2 amide bonds. The standard InChI is InChI=1S/C12H22N2O3/c1-4-9(5-2)13-11(17)14-12(3,10(15)16)8-6-7-8/h8-9H,4-7H2,1-3H3,(H,15,16)(H2,13,14,17). The molecule has 0 aliphatic heterocycles. The van der Waals surface area contributed by atoms with E-state index in [0.29, 0.717) is 0 Å². The van der Waals surface area contributed by atoms with Crippen LogP contribution >= 0.6 is 0 Å². The van der Waals surface area contributed by atoms with Crippen LogP contribution in [0.5, 0.6) is 0 Å². The molecular weight excluding hydrogens is 220 g/mol. The maximum atomic E-state index is 11.7. The highest BCUT2D eigenvalue weighted by Crippen LogP contribution is 2.39. The SMILES string of the molecule is CCC(CC)NC(=O)NC(C)(C(=O)O)C1CC1. The number of carboxylic acid groups (broad SMARTS) is 1. The quantitative estimate of drug-likeness (QED) is 0.663. The fourth-order valence-electron chi connectivity index (χ4n) is 1.94. The largest absolute Gasteiger partial charge is 0.480 e. The van der Waals surface area contributed by atoms with Crippen molar-refractivity contribution in [1.82, 2.24) is 10.6 Å². The average Bonchev–Trinajstić information content (AvgIpc) is 3.09. The van der Waals surface area contributed by atoms with Gasteiger partial charge in [0.25, 0.3) is 0 Å². The van der Waals surface area contributed by atoms with Gasteiger partial charge in [-0.25, -0.2) is 9.59 Å². The van der Waals surface area contributed by atoms with Crippen LogP contribution in [0, 0.1) is 5.92 Å². The molecule has 0 spiro atoms. The number of rotatable bonds is 6. The van der Waals surface area contributed by atoms with Crippen LogP contribution in [0.4, 0.5) is 4.79 Å². The lowest BCUT2D eigenvalue weighted by Crippen LogP contribution is -2.57. The van der Waals surface area contributed by atoms with Crippen LogP contribution in [-0.4, -0.2) is 28.7 Å². The summed E-state index contributed by atoms with van der Waals surface area (Å²) in [7, 11) is 0. The minimum atomic E-state index is -1.13. The molecule has 0 saturated heterocycles. The van der Waals surface area contributed by atoms with E-state index in [2.05, 4.69) is 10.6 Å². The lowest BCUT2D eigenvalue weighted by atomic mass is 9.96. The highest BCUT2D eigenvalue weighted by Gasteiger charge is 2.48. The van der Waals surface area contributed by atoms with Gasteiger partial charge in [0.1, 0.15) is 5.54 Å². The van der Waals surface area contributed by atoms with E-state index in [1.807, 2.05) is 13.8 Å². The van der Waals surface area contributed by atoms with Gasteiger partial charge in [0.15, 0.2) is 0 Å². The van der Waals surface area contributed by atoms with Gasteiger partial charge in [0.2, 0.25) is 0 Å². The Kier molecular flexibility index (Phi) is 4.37. The molecule has 0 heterocycles. The van der Waals surface area contributed by atoms with Gasteiger partial charge in [0.05, 0.1) is 0 Å². The second kappa shape index (κ2) is 5.38. The first kappa shape index (κ1) is 13.8. The third kappa shape index (κ3) is 3.35. The summed E-state index contributed by atoms with van der Waals surface area (Å²) in [6.45, 7) is 5.57. The van der Waals surface area contributed by atoms with Crippen molar-refractivity contribution in [1.29, 1.82) is 0 Å². The molecule has 0 aromatic carbocycles. The predicted molar refractivity (Wildman–Crippen MR) is 64.8 cm³/mol. The van der Waals surface area contributed by atoms with E-state index in [-0.39, 0.29) is 18.0 Å². The molecule has 1 unspecified atom stereocenters. The summed E-state index contributed by atoms with van der Waals surface area (Å²) in [6, 6.07) is -0.275. The van der Waals surface area contributed by atoms with Gasteiger partial charge in [-0.15, -0.1) is 0 Å². The van der Waals surface area contributed by atoms with Crippen molar-refractivity contribution in [2.24, 2.45) is 5.92 Å². The van der Waals surface area contributed by atoms with Crippen molar-refractivity contribution < 1.29 is 14.7 Å². The summed E-state index contributed by atoms with van der Waals surface area (Å²) in [5, 5.41) is 14.6. The Bertz CT molecular complexity index is 298. The van der Waals surface area contributed by atoms with E-state index in [1.54, 1.807) is 6.92 Å². The number of aliphatic carboxylic acids is 1. The number of urea groups is 1. The summed E-state index contributed by atoms with van der Waals surface area (Å²) in [5.74, 6) is -0.896. The van der Waals surface area contributed by atoms with E-state index in [4.69, 9.17) is 0 Å². The van der Waals surface area contributed by atoms with Crippen molar-refractivity contribution in [2.75, 3.05) is 0 Å². The maximum Gasteiger partial charge on any atom is 0.329 e. The Morgan fingerprint density at radius 3 is 2.24 bits per heavy atom. The number of carboxylic acids is 1. The van der Waals surface area contributed by atoms with Crippen LogP contribution in [0.25, 0.3) is 0 Å². The second-order valence-electron chi connectivity index (χ2n) is 4.89. The lowest BCUT2D eigenvalue weighted by molar-refractivity contribution is -0.144. The molecule has 1 fully saturated rings. The zero-order valence-electron chi connectivity index (χ0n) is 10.7. The maximum absolute atomic E-state index is 11.7. The molecule has 1 atom stereocenters. The molecule has 3 N–H and O–H groups in total. The van der Waals surface area contributed by atoms with Crippen molar-refractivity contribution in [2.45, 2.75) is 58.0 Å². The van der Waals surface area contributed by atoms with Crippen molar-refractivity contribution in [3.8, 4) is 0 Å². The topological polar surface area (TPSA) is 78.4 Å². The molecule has 98 valence electrons. The lowest BCUT2D eigenvalue weighted by Gasteiger charge is -2.27. The van der Waals surface area contributed by atoms with E-state index in [9.17, 15) is 14.7 Å². The Labute approximate surface area is 102 Å². The van der Waals surface area contributed by atoms with Crippen LogP contribution in [0.3, 0.4) is 0 Å². The highest BCUT2D eigenvalue weighted by molar-refractivity contribution is 5.86. The number of amides is 2. The number of nitrogens with one attached hydrogen (secondary N) is 2. The van der Waals surface area contributed by atoms with Gasteiger partial charge in [-0.3, -0.25) is 0 Å². The number of carbonyl (C=O) groups excluding carboxylic acids is 1. The normalized spacial score (nSPS) is 18.6. The van der Waals surface area contributed by atoms with Crippen LogP contribution in [0.1, 0.15) is 46.5 Å². The van der Waals surface area contributed by atoms with Gasteiger partial charge < -0.3 is 15.7 Å². The Hall–Kier alpha value is -1.26. The molecule has 0 aromatic heterocycles. The summed E-state index contributed by atoms with van der Waals surface area (Å²) in [6.07, 6.45) is 3.43.